The van der Waals surface area contributed by atoms with Crippen molar-refractivity contribution in [1.82, 2.24) is 9.88 Å². The zero-order valence-electron chi connectivity index (χ0n) is 18.9. The maximum absolute atomic E-state index is 12.5. The number of amides is 1. The zero-order valence-corrected chi connectivity index (χ0v) is 20.5. The fourth-order valence-corrected chi connectivity index (χ4v) is 9.49. The van der Waals surface area contributed by atoms with Crippen molar-refractivity contribution in [3.63, 3.8) is 0 Å². The number of rotatable bonds is 5. The molecule has 2 saturated carbocycles. The minimum Gasteiger partial charge on any atom is -0.493 e. The third kappa shape index (κ3) is 3.79. The van der Waals surface area contributed by atoms with Crippen molar-refractivity contribution >= 4 is 29.0 Å². The van der Waals surface area contributed by atoms with Crippen LogP contribution in [0.25, 0.3) is 0 Å². The molecule has 1 amide bonds. The first-order valence-corrected chi connectivity index (χ1v) is 13.8. The lowest BCUT2D eigenvalue weighted by Gasteiger charge is -2.40. The molecule has 3 fully saturated rings. The van der Waals surface area contributed by atoms with Gasteiger partial charge >= 0.3 is 4.87 Å². The Hall–Kier alpha value is -1.93. The van der Waals surface area contributed by atoms with E-state index in [-0.39, 0.29) is 23.3 Å². The maximum atomic E-state index is 12.5. The predicted octanol–water partition coefficient (Wildman–Crippen LogP) is 4.49. The summed E-state index contributed by atoms with van der Waals surface area (Å²) in [4.78, 5) is 31.0. The summed E-state index contributed by atoms with van der Waals surface area (Å²) in [6.07, 6.45) is 7.27. The number of aromatic amines is 1. The van der Waals surface area contributed by atoms with Gasteiger partial charge in [0.1, 0.15) is 0 Å². The molecule has 176 valence electrons. The number of hydrogen-bond acceptors (Lipinski definition) is 6. The average molecular weight is 487 g/mol. The molecule has 2 bridgehead atoms. The molecule has 1 saturated heterocycles. The van der Waals surface area contributed by atoms with Crippen LogP contribution in [-0.2, 0) is 4.79 Å². The molecular formula is C25H30N2O4S2. The second-order valence-electron chi connectivity index (χ2n) is 9.82. The summed E-state index contributed by atoms with van der Waals surface area (Å²) in [5, 5.41) is 1.64. The number of likely N-dealkylation sites (tertiary alicyclic amines) is 1. The van der Waals surface area contributed by atoms with E-state index in [1.807, 2.05) is 22.7 Å². The van der Waals surface area contributed by atoms with Crippen LogP contribution in [0, 0.1) is 17.8 Å². The number of H-pyrrole nitrogens is 1. The monoisotopic (exact) mass is 486 g/mol. The summed E-state index contributed by atoms with van der Waals surface area (Å²) in [5.41, 5.74) is 1.18. The van der Waals surface area contributed by atoms with Gasteiger partial charge in [-0.15, -0.1) is 11.8 Å². The number of hydrogen-bond donors (Lipinski definition) is 1. The highest BCUT2D eigenvalue weighted by molar-refractivity contribution is 8.00. The number of piperidine rings is 1. The van der Waals surface area contributed by atoms with E-state index >= 15 is 0 Å². The van der Waals surface area contributed by atoms with Gasteiger partial charge in [0.25, 0.3) is 5.91 Å². The van der Waals surface area contributed by atoms with E-state index in [9.17, 15) is 9.59 Å². The lowest BCUT2D eigenvalue weighted by atomic mass is 9.75. The fourth-order valence-electron chi connectivity index (χ4n) is 6.59. The lowest BCUT2D eigenvalue weighted by Crippen LogP contribution is -2.38. The molecule has 0 radical (unpaired) electrons. The summed E-state index contributed by atoms with van der Waals surface area (Å²) >= 11 is 3.27. The van der Waals surface area contributed by atoms with Gasteiger partial charge in [-0.3, -0.25) is 9.59 Å². The van der Waals surface area contributed by atoms with Gasteiger partial charge < -0.3 is 19.4 Å². The Labute approximate surface area is 202 Å². The maximum Gasteiger partial charge on any atom is 0.305 e. The Morgan fingerprint density at radius 2 is 1.97 bits per heavy atom. The largest absolute Gasteiger partial charge is 0.493 e. The summed E-state index contributed by atoms with van der Waals surface area (Å²) in [7, 11) is 1.65. The molecule has 1 N–H and O–H groups in total. The highest BCUT2D eigenvalue weighted by atomic mass is 32.2. The SMILES string of the molecule is COc1cc([C@H]2c3sc(=O)[nH]c3SC3C4CCC(C4)C32)ccc1OCC(=O)N1CCCCC1. The number of carbonyl (C=O) groups is 1. The summed E-state index contributed by atoms with van der Waals surface area (Å²) in [6.45, 7) is 1.68. The summed E-state index contributed by atoms with van der Waals surface area (Å²) in [5.74, 6) is 3.55. The topological polar surface area (TPSA) is 71.6 Å². The number of carbonyl (C=O) groups excluding carboxylic acids is 1. The van der Waals surface area contributed by atoms with Gasteiger partial charge in [-0.25, -0.2) is 0 Å². The van der Waals surface area contributed by atoms with E-state index in [2.05, 4.69) is 17.1 Å². The van der Waals surface area contributed by atoms with Crippen LogP contribution >= 0.6 is 23.1 Å². The number of benzene rings is 1. The standard InChI is InChI=1S/C25H30N2O4S2/c1-30-18-12-15(7-8-17(18)31-13-19(28)27-9-3-2-4-10-27)21-20-14-5-6-16(11-14)22(20)32-24-23(21)33-25(29)26-24/h7-8,12,14,16,20-22H,2-6,9-11,13H2,1H3,(H,26,29)/t14?,16?,20?,21-,22?/m1/s1. The number of nitrogens with zero attached hydrogens (tertiary/aromatic N) is 1. The molecule has 0 spiro atoms. The van der Waals surface area contributed by atoms with Crippen LogP contribution in [0.2, 0.25) is 0 Å². The Morgan fingerprint density at radius 1 is 1.15 bits per heavy atom. The average Bonchev–Trinajstić information content (AvgIpc) is 3.55. The number of methoxy groups -OCH3 is 1. The third-order valence-electron chi connectivity index (χ3n) is 8.07. The minimum absolute atomic E-state index is 0.0352. The second kappa shape index (κ2) is 8.69. The van der Waals surface area contributed by atoms with E-state index in [0.717, 1.165) is 42.8 Å². The molecule has 33 heavy (non-hydrogen) atoms. The van der Waals surface area contributed by atoms with Gasteiger partial charge in [0.15, 0.2) is 18.1 Å². The van der Waals surface area contributed by atoms with Crippen LogP contribution in [-0.4, -0.2) is 47.8 Å². The molecule has 2 aliphatic carbocycles. The first-order chi connectivity index (χ1) is 16.1. The highest BCUT2D eigenvalue weighted by Crippen LogP contribution is 2.63. The Balaban J connectivity index is 1.27. The molecule has 1 aromatic heterocycles. The number of thioether (sulfide) groups is 1. The first kappa shape index (κ1) is 21.6. The van der Waals surface area contributed by atoms with E-state index in [1.165, 1.54) is 47.5 Å². The number of thiazole rings is 1. The molecule has 1 aromatic carbocycles. The zero-order chi connectivity index (χ0) is 22.5. The first-order valence-electron chi connectivity index (χ1n) is 12.1. The van der Waals surface area contributed by atoms with E-state index in [4.69, 9.17) is 9.47 Å². The van der Waals surface area contributed by atoms with Crippen molar-refractivity contribution in [3.8, 4) is 11.5 Å². The van der Waals surface area contributed by atoms with Gasteiger partial charge in [0, 0.05) is 29.1 Å². The van der Waals surface area contributed by atoms with Crippen LogP contribution in [0.15, 0.2) is 28.0 Å². The van der Waals surface area contributed by atoms with Crippen LogP contribution in [0.3, 0.4) is 0 Å². The molecule has 3 heterocycles. The lowest BCUT2D eigenvalue weighted by molar-refractivity contribution is -0.134. The number of aromatic nitrogens is 1. The Morgan fingerprint density at radius 3 is 2.79 bits per heavy atom. The molecule has 5 atom stereocenters. The predicted molar refractivity (Wildman–Crippen MR) is 130 cm³/mol. The number of nitrogens with one attached hydrogen (secondary N) is 1. The highest BCUT2D eigenvalue weighted by Gasteiger charge is 2.54. The molecule has 6 nitrogen and oxygen atoms in total. The van der Waals surface area contributed by atoms with Crippen molar-refractivity contribution in [2.45, 2.75) is 54.7 Å². The van der Waals surface area contributed by atoms with E-state index in [1.54, 1.807) is 7.11 Å². The van der Waals surface area contributed by atoms with Gasteiger partial charge in [-0.1, -0.05) is 17.4 Å². The second-order valence-corrected chi connectivity index (χ2v) is 12.0. The van der Waals surface area contributed by atoms with E-state index < -0.39 is 0 Å². The Bertz CT molecular complexity index is 1110. The molecule has 6 rings (SSSR count). The number of fused-ring (bicyclic) bond motifs is 6. The van der Waals surface area contributed by atoms with Crippen molar-refractivity contribution in [2.75, 3.05) is 26.8 Å². The summed E-state index contributed by atoms with van der Waals surface area (Å²) in [6, 6.07) is 6.12. The van der Waals surface area contributed by atoms with Crippen LogP contribution in [0.4, 0.5) is 0 Å². The van der Waals surface area contributed by atoms with Gasteiger partial charge in [0.2, 0.25) is 0 Å². The fraction of sp³-hybridized carbons (Fsp3) is 0.600. The van der Waals surface area contributed by atoms with Crippen LogP contribution < -0.4 is 14.3 Å². The van der Waals surface area contributed by atoms with Crippen molar-refractivity contribution in [1.29, 1.82) is 0 Å². The van der Waals surface area contributed by atoms with Crippen molar-refractivity contribution < 1.29 is 14.3 Å². The van der Waals surface area contributed by atoms with Gasteiger partial charge in [-0.2, -0.15) is 0 Å². The smallest absolute Gasteiger partial charge is 0.305 e. The van der Waals surface area contributed by atoms with E-state index in [0.29, 0.717) is 22.7 Å². The molecule has 4 aliphatic rings. The molecule has 4 unspecified atom stereocenters. The molecule has 2 aromatic rings. The molecule has 2 aliphatic heterocycles. The molecule has 8 heteroatoms. The minimum atomic E-state index is 0.0352. The normalized spacial score (nSPS) is 30.1. The van der Waals surface area contributed by atoms with Crippen LogP contribution in [0.5, 0.6) is 11.5 Å². The van der Waals surface area contributed by atoms with Crippen molar-refractivity contribution in [3.05, 3.63) is 38.3 Å². The summed E-state index contributed by atoms with van der Waals surface area (Å²) < 4.78 is 11.6. The molecular weight excluding hydrogens is 456 g/mol. The quantitative estimate of drug-likeness (QED) is 0.674. The van der Waals surface area contributed by atoms with Gasteiger partial charge in [0.05, 0.1) is 12.1 Å². The van der Waals surface area contributed by atoms with Gasteiger partial charge in [-0.05, 0) is 74.0 Å². The number of ether oxygens (including phenoxy) is 2. The Kier molecular flexibility index (Phi) is 5.69. The third-order valence-corrected chi connectivity index (χ3v) is 10.7. The van der Waals surface area contributed by atoms with Crippen LogP contribution in [0.1, 0.15) is 54.9 Å². The van der Waals surface area contributed by atoms with Crippen molar-refractivity contribution in [2.24, 2.45) is 17.8 Å².